The number of rotatable bonds is 7. The SMILES string of the molecule is CN(C)Cc1ccccc1CNC(=O)CN(C)C(=O)c1ccc(Br)s1. The Bertz CT molecular complexity index is 745. The van der Waals surface area contributed by atoms with Crippen molar-refractivity contribution in [2.75, 3.05) is 27.7 Å². The maximum atomic E-state index is 12.3. The van der Waals surface area contributed by atoms with E-state index in [9.17, 15) is 9.59 Å². The molecule has 0 radical (unpaired) electrons. The summed E-state index contributed by atoms with van der Waals surface area (Å²) in [6.07, 6.45) is 0. The molecule has 0 atom stereocenters. The number of hydrogen-bond donors (Lipinski definition) is 1. The molecule has 25 heavy (non-hydrogen) atoms. The highest BCUT2D eigenvalue weighted by atomic mass is 79.9. The molecule has 134 valence electrons. The molecule has 0 fully saturated rings. The number of halogens is 1. The fourth-order valence-electron chi connectivity index (χ4n) is 2.38. The van der Waals surface area contributed by atoms with Crippen molar-refractivity contribution in [2.45, 2.75) is 13.1 Å². The van der Waals surface area contributed by atoms with Crippen molar-refractivity contribution in [1.82, 2.24) is 15.1 Å². The molecule has 1 heterocycles. The molecule has 1 aromatic carbocycles. The first-order chi connectivity index (χ1) is 11.9. The Morgan fingerprint density at radius 1 is 1.08 bits per heavy atom. The van der Waals surface area contributed by atoms with E-state index in [4.69, 9.17) is 0 Å². The molecular formula is C18H22BrN3O2S. The lowest BCUT2D eigenvalue weighted by Gasteiger charge is -2.17. The lowest BCUT2D eigenvalue weighted by molar-refractivity contribution is -0.121. The van der Waals surface area contributed by atoms with E-state index < -0.39 is 0 Å². The Morgan fingerprint density at radius 3 is 2.36 bits per heavy atom. The van der Waals surface area contributed by atoms with Gasteiger partial charge in [-0.3, -0.25) is 9.59 Å². The summed E-state index contributed by atoms with van der Waals surface area (Å²) in [5.41, 5.74) is 2.27. The number of carbonyl (C=O) groups excluding carboxylic acids is 2. The molecule has 1 N–H and O–H groups in total. The number of nitrogens with zero attached hydrogens (tertiary/aromatic N) is 2. The quantitative estimate of drug-likeness (QED) is 0.744. The summed E-state index contributed by atoms with van der Waals surface area (Å²) in [5.74, 6) is -0.329. The number of carbonyl (C=O) groups is 2. The molecule has 0 unspecified atom stereocenters. The van der Waals surface area contributed by atoms with Gasteiger partial charge in [-0.25, -0.2) is 0 Å². The zero-order chi connectivity index (χ0) is 18.4. The van der Waals surface area contributed by atoms with Crippen LogP contribution in [0.25, 0.3) is 0 Å². The largest absolute Gasteiger partial charge is 0.350 e. The number of hydrogen-bond acceptors (Lipinski definition) is 4. The molecule has 0 saturated carbocycles. The van der Waals surface area contributed by atoms with Gasteiger partial charge in [-0.05, 0) is 53.3 Å². The van der Waals surface area contributed by atoms with Crippen LogP contribution in [0.5, 0.6) is 0 Å². The van der Waals surface area contributed by atoms with Gasteiger partial charge in [0.05, 0.1) is 15.2 Å². The summed E-state index contributed by atoms with van der Waals surface area (Å²) in [5, 5.41) is 2.90. The minimum atomic E-state index is -0.175. The molecule has 5 nitrogen and oxygen atoms in total. The smallest absolute Gasteiger partial charge is 0.264 e. The van der Waals surface area contributed by atoms with Crippen molar-refractivity contribution in [3.8, 4) is 0 Å². The maximum Gasteiger partial charge on any atom is 0.264 e. The van der Waals surface area contributed by atoms with Crippen LogP contribution in [-0.4, -0.2) is 49.3 Å². The molecule has 2 aromatic rings. The van der Waals surface area contributed by atoms with Crippen LogP contribution in [0.4, 0.5) is 0 Å². The van der Waals surface area contributed by atoms with Crippen LogP contribution in [0.2, 0.25) is 0 Å². The van der Waals surface area contributed by atoms with Crippen LogP contribution < -0.4 is 5.32 Å². The van der Waals surface area contributed by atoms with Crippen molar-refractivity contribution >= 4 is 39.1 Å². The second-order valence-electron chi connectivity index (χ2n) is 6.05. The van der Waals surface area contributed by atoms with Crippen LogP contribution in [0, 0.1) is 0 Å². The molecule has 0 bridgehead atoms. The van der Waals surface area contributed by atoms with Crippen molar-refractivity contribution < 1.29 is 9.59 Å². The predicted octanol–water partition coefficient (Wildman–Crippen LogP) is 2.96. The van der Waals surface area contributed by atoms with Crippen LogP contribution >= 0.6 is 27.3 Å². The number of thiophene rings is 1. The van der Waals surface area contributed by atoms with Crippen molar-refractivity contribution in [3.63, 3.8) is 0 Å². The molecule has 7 heteroatoms. The van der Waals surface area contributed by atoms with Gasteiger partial charge in [0.25, 0.3) is 5.91 Å². The number of likely N-dealkylation sites (N-methyl/N-ethyl adjacent to an activating group) is 1. The minimum absolute atomic E-state index is 0.0319. The number of benzene rings is 1. The first kappa shape index (κ1) is 19.6. The molecule has 0 aliphatic carbocycles. The monoisotopic (exact) mass is 423 g/mol. The van der Waals surface area contributed by atoms with E-state index in [1.54, 1.807) is 13.1 Å². The summed E-state index contributed by atoms with van der Waals surface area (Å²) in [7, 11) is 5.66. The summed E-state index contributed by atoms with van der Waals surface area (Å²) < 4.78 is 0.895. The van der Waals surface area contributed by atoms with Crippen molar-refractivity contribution in [2.24, 2.45) is 0 Å². The summed E-state index contributed by atoms with van der Waals surface area (Å²) in [6.45, 7) is 1.30. The van der Waals surface area contributed by atoms with Crippen molar-refractivity contribution in [3.05, 3.63) is 56.2 Å². The van der Waals surface area contributed by atoms with Gasteiger partial charge in [0, 0.05) is 20.1 Å². The van der Waals surface area contributed by atoms with Crippen LogP contribution in [0.1, 0.15) is 20.8 Å². The fourth-order valence-corrected chi connectivity index (χ4v) is 3.76. The van der Waals surface area contributed by atoms with Crippen LogP contribution in [0.3, 0.4) is 0 Å². The molecule has 0 saturated heterocycles. The van der Waals surface area contributed by atoms with E-state index in [2.05, 4.69) is 32.2 Å². The van der Waals surface area contributed by atoms with Gasteiger partial charge in [-0.1, -0.05) is 24.3 Å². The Morgan fingerprint density at radius 2 is 1.76 bits per heavy atom. The van der Waals surface area contributed by atoms with E-state index in [0.29, 0.717) is 11.4 Å². The summed E-state index contributed by atoms with van der Waals surface area (Å²) in [6, 6.07) is 11.6. The average Bonchev–Trinajstić information content (AvgIpc) is 2.99. The lowest BCUT2D eigenvalue weighted by Crippen LogP contribution is -2.38. The van der Waals surface area contributed by atoms with Crippen LogP contribution in [-0.2, 0) is 17.9 Å². The van der Waals surface area contributed by atoms with E-state index >= 15 is 0 Å². The molecule has 0 aliphatic rings. The zero-order valence-electron chi connectivity index (χ0n) is 14.6. The van der Waals surface area contributed by atoms with Gasteiger partial charge >= 0.3 is 0 Å². The molecule has 0 aliphatic heterocycles. The average molecular weight is 424 g/mol. The first-order valence-electron chi connectivity index (χ1n) is 7.86. The molecular weight excluding hydrogens is 402 g/mol. The van der Waals surface area contributed by atoms with E-state index in [1.807, 2.05) is 38.4 Å². The van der Waals surface area contributed by atoms with Gasteiger partial charge < -0.3 is 15.1 Å². The minimum Gasteiger partial charge on any atom is -0.350 e. The summed E-state index contributed by atoms with van der Waals surface area (Å²) >= 11 is 4.70. The van der Waals surface area contributed by atoms with Crippen molar-refractivity contribution in [1.29, 1.82) is 0 Å². The van der Waals surface area contributed by atoms with Gasteiger partial charge in [0.15, 0.2) is 0 Å². The number of amides is 2. The Labute approximate surface area is 160 Å². The third kappa shape index (κ3) is 5.95. The zero-order valence-corrected chi connectivity index (χ0v) is 17.0. The van der Waals surface area contributed by atoms with Gasteiger partial charge in [-0.2, -0.15) is 0 Å². The van der Waals surface area contributed by atoms with Gasteiger partial charge in [-0.15, -0.1) is 11.3 Å². The fraction of sp³-hybridized carbons (Fsp3) is 0.333. The molecule has 1 aromatic heterocycles. The maximum absolute atomic E-state index is 12.3. The topological polar surface area (TPSA) is 52.7 Å². The highest BCUT2D eigenvalue weighted by Crippen LogP contribution is 2.22. The highest BCUT2D eigenvalue weighted by Gasteiger charge is 2.16. The summed E-state index contributed by atoms with van der Waals surface area (Å²) in [4.78, 5) is 28.6. The van der Waals surface area contributed by atoms with Gasteiger partial charge in [0.2, 0.25) is 5.91 Å². The Hall–Kier alpha value is -1.70. The normalized spacial score (nSPS) is 10.8. The standard InChI is InChI=1S/C18H22BrN3O2S/c1-21(2)11-14-7-5-4-6-13(14)10-20-17(23)12-22(3)18(24)15-8-9-16(19)25-15/h4-9H,10-12H2,1-3H3,(H,20,23). The van der Waals surface area contributed by atoms with Gasteiger partial charge in [0.1, 0.15) is 0 Å². The van der Waals surface area contributed by atoms with Crippen LogP contribution in [0.15, 0.2) is 40.2 Å². The third-order valence-corrected chi connectivity index (χ3v) is 5.20. The van der Waals surface area contributed by atoms with E-state index in [1.165, 1.54) is 21.8 Å². The Balaban J connectivity index is 1.89. The molecule has 2 amide bonds. The third-order valence-electron chi connectivity index (χ3n) is 3.59. The molecule has 2 rings (SSSR count). The predicted molar refractivity (Wildman–Crippen MR) is 105 cm³/mol. The number of nitrogens with one attached hydrogen (secondary N) is 1. The second-order valence-corrected chi connectivity index (χ2v) is 8.51. The van der Waals surface area contributed by atoms with E-state index in [0.717, 1.165) is 15.9 Å². The first-order valence-corrected chi connectivity index (χ1v) is 9.46. The lowest BCUT2D eigenvalue weighted by atomic mass is 10.1. The Kier molecular flexibility index (Phi) is 7.16. The van der Waals surface area contributed by atoms with E-state index in [-0.39, 0.29) is 18.4 Å². The molecule has 0 spiro atoms. The second kappa shape index (κ2) is 9.12. The highest BCUT2D eigenvalue weighted by molar-refractivity contribution is 9.11.